The Bertz CT molecular complexity index is 974. The molecule has 0 atom stereocenters. The summed E-state index contributed by atoms with van der Waals surface area (Å²) in [6.45, 7) is 0.192. The minimum atomic E-state index is -0.312. The highest BCUT2D eigenvalue weighted by Gasteiger charge is 2.03. The van der Waals surface area contributed by atoms with Crippen LogP contribution in [0.1, 0.15) is 11.1 Å². The van der Waals surface area contributed by atoms with Gasteiger partial charge in [0.05, 0.1) is 6.21 Å². The lowest BCUT2D eigenvalue weighted by Gasteiger charge is -2.07. The molecule has 7 heteroatoms. The lowest BCUT2D eigenvalue weighted by molar-refractivity contribution is -0.120. The number of carbonyl (C=O) groups excluding carboxylic acids is 1. The van der Waals surface area contributed by atoms with Gasteiger partial charge in [0, 0.05) is 21.3 Å². The molecule has 0 aliphatic rings. The predicted molar refractivity (Wildman–Crippen MR) is 116 cm³/mol. The zero-order valence-electron chi connectivity index (χ0n) is 15.3. The molecular weight excluding hydrogens is 411 g/mol. The Hall–Kier alpha value is -3.02. The topological polar surface area (TPSA) is 59.9 Å². The summed E-state index contributed by atoms with van der Waals surface area (Å²) in [6, 6.07) is 21.7. The quantitative estimate of drug-likeness (QED) is 0.377. The molecule has 29 heavy (non-hydrogen) atoms. The van der Waals surface area contributed by atoms with Gasteiger partial charge in [-0.3, -0.25) is 4.79 Å². The number of hydrogen-bond donors (Lipinski definition) is 1. The van der Waals surface area contributed by atoms with Crippen LogP contribution in [0.2, 0.25) is 10.0 Å². The van der Waals surface area contributed by atoms with E-state index in [4.69, 9.17) is 32.8 Å². The summed E-state index contributed by atoms with van der Waals surface area (Å²) in [6.07, 6.45) is 1.52. The van der Waals surface area contributed by atoms with Gasteiger partial charge in [-0.15, -0.1) is 0 Å². The van der Waals surface area contributed by atoms with Crippen LogP contribution in [0.5, 0.6) is 5.75 Å². The van der Waals surface area contributed by atoms with E-state index in [9.17, 15) is 4.79 Å². The highest BCUT2D eigenvalue weighted by Crippen LogP contribution is 2.18. The number of ether oxygens (including phenoxy) is 1. The molecule has 0 bridgehead atoms. The highest BCUT2D eigenvalue weighted by molar-refractivity contribution is 6.31. The number of oxime groups is 1. The number of nitrogens with one attached hydrogen (secondary N) is 1. The molecule has 0 heterocycles. The molecule has 0 unspecified atom stereocenters. The lowest BCUT2D eigenvalue weighted by atomic mass is 10.2. The van der Waals surface area contributed by atoms with Crippen molar-refractivity contribution < 1.29 is 14.4 Å². The van der Waals surface area contributed by atoms with Crippen LogP contribution < -0.4 is 10.1 Å². The summed E-state index contributed by atoms with van der Waals surface area (Å²) in [4.78, 5) is 16.8. The first-order valence-electron chi connectivity index (χ1n) is 8.77. The SMILES string of the molecule is O=C(CON=Cc1ccc(OCc2ccccc2Cl)cc1)Nc1ccc(Cl)cc1. The van der Waals surface area contributed by atoms with Crippen LogP contribution in [0, 0.1) is 0 Å². The number of rotatable bonds is 8. The molecule has 1 N–H and O–H groups in total. The Kier molecular flexibility index (Phi) is 7.50. The van der Waals surface area contributed by atoms with E-state index in [-0.39, 0.29) is 12.5 Å². The van der Waals surface area contributed by atoms with Crippen LogP contribution in [0.15, 0.2) is 78.0 Å². The fourth-order valence-corrected chi connectivity index (χ4v) is 2.67. The lowest BCUT2D eigenvalue weighted by Crippen LogP contribution is -2.16. The van der Waals surface area contributed by atoms with Crippen molar-refractivity contribution >= 4 is 41.0 Å². The van der Waals surface area contributed by atoms with Gasteiger partial charge in [0.2, 0.25) is 0 Å². The van der Waals surface area contributed by atoms with E-state index in [1.54, 1.807) is 24.3 Å². The number of nitrogens with zero attached hydrogens (tertiary/aromatic N) is 1. The van der Waals surface area contributed by atoms with Gasteiger partial charge in [0.15, 0.2) is 6.61 Å². The van der Waals surface area contributed by atoms with Crippen molar-refractivity contribution in [3.63, 3.8) is 0 Å². The monoisotopic (exact) mass is 428 g/mol. The van der Waals surface area contributed by atoms with Crippen LogP contribution >= 0.6 is 23.2 Å². The summed E-state index contributed by atoms with van der Waals surface area (Å²) in [7, 11) is 0. The van der Waals surface area contributed by atoms with Crippen molar-refractivity contribution in [3.8, 4) is 5.75 Å². The molecule has 1 amide bonds. The summed E-state index contributed by atoms with van der Waals surface area (Å²) in [5.41, 5.74) is 2.37. The maximum atomic E-state index is 11.8. The van der Waals surface area contributed by atoms with E-state index in [2.05, 4.69) is 10.5 Å². The van der Waals surface area contributed by atoms with Gasteiger partial charge in [-0.1, -0.05) is 46.6 Å². The van der Waals surface area contributed by atoms with E-state index >= 15 is 0 Å². The van der Waals surface area contributed by atoms with E-state index in [0.29, 0.717) is 28.1 Å². The first-order valence-corrected chi connectivity index (χ1v) is 9.53. The molecule has 0 aliphatic heterocycles. The second kappa shape index (κ2) is 10.5. The van der Waals surface area contributed by atoms with Crippen molar-refractivity contribution in [2.75, 3.05) is 11.9 Å². The van der Waals surface area contributed by atoms with Crippen LogP contribution in [-0.2, 0) is 16.2 Å². The molecule has 0 saturated carbocycles. The van der Waals surface area contributed by atoms with E-state index in [1.807, 2.05) is 48.5 Å². The summed E-state index contributed by atoms with van der Waals surface area (Å²) >= 11 is 11.9. The van der Waals surface area contributed by atoms with Gasteiger partial charge in [0.1, 0.15) is 12.4 Å². The molecule has 148 valence electrons. The Morgan fingerprint density at radius 2 is 1.69 bits per heavy atom. The molecular formula is C22H18Cl2N2O3. The molecule has 0 aromatic heterocycles. The van der Waals surface area contributed by atoms with Gasteiger partial charge in [-0.2, -0.15) is 0 Å². The Balaban J connectivity index is 1.42. The standard InChI is InChI=1S/C22H18Cl2N2O3/c23-18-7-9-19(10-8-18)26-22(27)15-29-25-13-16-5-11-20(12-6-16)28-14-17-3-1-2-4-21(17)24/h1-13H,14-15H2,(H,26,27). The molecule has 3 aromatic carbocycles. The Morgan fingerprint density at radius 1 is 0.966 bits per heavy atom. The van der Waals surface area contributed by atoms with E-state index in [0.717, 1.165) is 11.1 Å². The molecule has 0 spiro atoms. The zero-order valence-corrected chi connectivity index (χ0v) is 16.9. The van der Waals surface area contributed by atoms with Gasteiger partial charge in [-0.05, 0) is 60.2 Å². The smallest absolute Gasteiger partial charge is 0.265 e. The van der Waals surface area contributed by atoms with Crippen molar-refractivity contribution in [1.82, 2.24) is 0 Å². The van der Waals surface area contributed by atoms with Gasteiger partial charge < -0.3 is 14.9 Å². The van der Waals surface area contributed by atoms with Gasteiger partial charge >= 0.3 is 0 Å². The average molecular weight is 429 g/mol. The second-order valence-corrected chi connectivity index (χ2v) is 6.86. The fraction of sp³-hybridized carbons (Fsp3) is 0.0909. The number of hydrogen-bond acceptors (Lipinski definition) is 4. The minimum Gasteiger partial charge on any atom is -0.489 e. The third kappa shape index (κ3) is 6.82. The molecule has 0 saturated heterocycles. The number of benzene rings is 3. The Morgan fingerprint density at radius 3 is 2.41 bits per heavy atom. The third-order valence-corrected chi connectivity index (χ3v) is 4.45. The Labute approximate surface area is 178 Å². The average Bonchev–Trinajstić information content (AvgIpc) is 2.73. The predicted octanol–water partition coefficient (Wildman–Crippen LogP) is 5.56. The molecule has 0 radical (unpaired) electrons. The largest absolute Gasteiger partial charge is 0.489 e. The van der Waals surface area contributed by atoms with Gasteiger partial charge in [0.25, 0.3) is 5.91 Å². The summed E-state index contributed by atoms with van der Waals surface area (Å²) in [5.74, 6) is 0.401. The number of anilines is 1. The third-order valence-electron chi connectivity index (χ3n) is 3.83. The fourth-order valence-electron chi connectivity index (χ4n) is 2.35. The number of amides is 1. The van der Waals surface area contributed by atoms with Crippen molar-refractivity contribution in [2.45, 2.75) is 6.61 Å². The molecule has 0 aliphatic carbocycles. The molecule has 0 fully saturated rings. The van der Waals surface area contributed by atoms with Gasteiger partial charge in [-0.25, -0.2) is 0 Å². The zero-order chi connectivity index (χ0) is 20.5. The van der Waals surface area contributed by atoms with E-state index < -0.39 is 0 Å². The summed E-state index contributed by atoms with van der Waals surface area (Å²) < 4.78 is 5.73. The van der Waals surface area contributed by atoms with Crippen molar-refractivity contribution in [1.29, 1.82) is 0 Å². The van der Waals surface area contributed by atoms with Crippen molar-refractivity contribution in [3.05, 3.63) is 94.0 Å². The molecule has 5 nitrogen and oxygen atoms in total. The molecule has 3 rings (SSSR count). The summed E-state index contributed by atoms with van der Waals surface area (Å²) in [5, 5.41) is 7.77. The van der Waals surface area contributed by atoms with Crippen LogP contribution in [-0.4, -0.2) is 18.7 Å². The maximum Gasteiger partial charge on any atom is 0.265 e. The van der Waals surface area contributed by atoms with Crippen LogP contribution in [0.4, 0.5) is 5.69 Å². The van der Waals surface area contributed by atoms with Crippen LogP contribution in [0.25, 0.3) is 0 Å². The second-order valence-electron chi connectivity index (χ2n) is 6.01. The first kappa shape index (κ1) is 20.7. The highest BCUT2D eigenvalue weighted by atomic mass is 35.5. The number of halogens is 2. The first-order chi connectivity index (χ1) is 14.1. The van der Waals surface area contributed by atoms with Crippen molar-refractivity contribution in [2.24, 2.45) is 5.16 Å². The van der Waals surface area contributed by atoms with Crippen LogP contribution in [0.3, 0.4) is 0 Å². The maximum absolute atomic E-state index is 11.8. The normalized spacial score (nSPS) is 10.7. The molecule has 3 aromatic rings. The minimum absolute atomic E-state index is 0.196. The van der Waals surface area contributed by atoms with E-state index in [1.165, 1.54) is 6.21 Å². The number of carbonyl (C=O) groups is 1.